The van der Waals surface area contributed by atoms with Crippen LogP contribution in [0.2, 0.25) is 0 Å². The average molecular weight is 288 g/mol. The third kappa shape index (κ3) is 1.87. The summed E-state index contributed by atoms with van der Waals surface area (Å²) in [6.45, 7) is 0. The number of aromatic hydroxyl groups is 1. The van der Waals surface area contributed by atoms with Crippen LogP contribution in [0.25, 0.3) is 32.9 Å². The van der Waals surface area contributed by atoms with Crippen molar-refractivity contribution in [1.82, 2.24) is 0 Å². The number of phenolic OH excluding ortho intramolecular Hbond substituents is 1. The molecule has 4 aromatic rings. The quantitative estimate of drug-likeness (QED) is 0.531. The SMILES string of the molecule is O=c1c(-c2cccc(O)c2)coc2ccc3ccccc3c12. The molecule has 0 fully saturated rings. The summed E-state index contributed by atoms with van der Waals surface area (Å²) < 4.78 is 5.64. The van der Waals surface area contributed by atoms with Gasteiger partial charge < -0.3 is 9.52 Å². The summed E-state index contributed by atoms with van der Waals surface area (Å²) in [6.07, 6.45) is 1.45. The summed E-state index contributed by atoms with van der Waals surface area (Å²) in [7, 11) is 0. The molecule has 0 saturated heterocycles. The van der Waals surface area contributed by atoms with Crippen molar-refractivity contribution >= 4 is 21.7 Å². The molecule has 3 nitrogen and oxygen atoms in total. The second-order valence-corrected chi connectivity index (χ2v) is 5.19. The molecule has 0 atom stereocenters. The molecule has 0 bridgehead atoms. The molecular formula is C19H12O3. The highest BCUT2D eigenvalue weighted by Gasteiger charge is 2.12. The molecule has 0 saturated carbocycles. The Hall–Kier alpha value is -3.07. The van der Waals surface area contributed by atoms with E-state index in [1.165, 1.54) is 6.26 Å². The molecular weight excluding hydrogens is 276 g/mol. The Bertz CT molecular complexity index is 1060. The first kappa shape index (κ1) is 12.7. The van der Waals surface area contributed by atoms with Crippen LogP contribution in [0.15, 0.2) is 76.1 Å². The van der Waals surface area contributed by atoms with Crippen LogP contribution in [0, 0.1) is 0 Å². The van der Waals surface area contributed by atoms with Gasteiger partial charge in [-0.2, -0.15) is 0 Å². The van der Waals surface area contributed by atoms with Gasteiger partial charge in [-0.05, 0) is 34.5 Å². The van der Waals surface area contributed by atoms with Crippen LogP contribution >= 0.6 is 0 Å². The van der Waals surface area contributed by atoms with Crippen LogP contribution in [0.5, 0.6) is 5.75 Å². The summed E-state index contributed by atoms with van der Waals surface area (Å²) >= 11 is 0. The predicted octanol–water partition coefficient (Wildman–Crippen LogP) is 4.32. The largest absolute Gasteiger partial charge is 0.508 e. The van der Waals surface area contributed by atoms with Gasteiger partial charge in [-0.15, -0.1) is 0 Å². The maximum atomic E-state index is 12.9. The summed E-state index contributed by atoms with van der Waals surface area (Å²) in [5.41, 5.74) is 1.56. The van der Waals surface area contributed by atoms with Crippen LogP contribution in [0.4, 0.5) is 0 Å². The minimum absolute atomic E-state index is 0.0938. The molecule has 22 heavy (non-hydrogen) atoms. The molecule has 0 aliphatic rings. The molecule has 106 valence electrons. The molecule has 4 rings (SSSR count). The number of rotatable bonds is 1. The molecule has 0 unspecified atom stereocenters. The molecule has 0 spiro atoms. The lowest BCUT2D eigenvalue weighted by atomic mass is 10.0. The standard InChI is InChI=1S/C19H12O3/c20-14-6-3-5-13(10-14)16-11-22-17-9-8-12-4-1-2-7-15(12)18(17)19(16)21/h1-11,20H. The lowest BCUT2D eigenvalue weighted by Crippen LogP contribution is -2.05. The van der Waals surface area contributed by atoms with Crippen LogP contribution in [0.1, 0.15) is 0 Å². The van der Waals surface area contributed by atoms with Crippen LogP contribution in [0.3, 0.4) is 0 Å². The first-order chi connectivity index (χ1) is 10.7. The number of phenols is 1. The molecule has 0 radical (unpaired) electrons. The maximum Gasteiger partial charge on any atom is 0.201 e. The van der Waals surface area contributed by atoms with E-state index < -0.39 is 0 Å². The minimum Gasteiger partial charge on any atom is -0.508 e. The fourth-order valence-electron chi connectivity index (χ4n) is 2.77. The number of hydrogen-bond donors (Lipinski definition) is 1. The van der Waals surface area contributed by atoms with Crippen LogP contribution in [-0.4, -0.2) is 5.11 Å². The maximum absolute atomic E-state index is 12.9. The average Bonchev–Trinajstić information content (AvgIpc) is 2.55. The monoisotopic (exact) mass is 288 g/mol. The van der Waals surface area contributed by atoms with E-state index in [4.69, 9.17) is 4.42 Å². The van der Waals surface area contributed by atoms with E-state index in [1.54, 1.807) is 24.3 Å². The summed E-state index contributed by atoms with van der Waals surface area (Å²) in [5.74, 6) is 0.120. The Kier molecular flexibility index (Phi) is 2.73. The second-order valence-electron chi connectivity index (χ2n) is 5.19. The third-order valence-electron chi connectivity index (χ3n) is 3.82. The Morgan fingerprint density at radius 1 is 0.909 bits per heavy atom. The number of benzene rings is 3. The van der Waals surface area contributed by atoms with Gasteiger partial charge in [-0.3, -0.25) is 4.79 Å². The van der Waals surface area contributed by atoms with Crippen LogP contribution in [-0.2, 0) is 0 Å². The van der Waals surface area contributed by atoms with Crippen molar-refractivity contribution in [2.75, 3.05) is 0 Å². The first-order valence-corrected chi connectivity index (χ1v) is 6.97. The Balaban J connectivity index is 2.13. The fourth-order valence-corrected chi connectivity index (χ4v) is 2.77. The highest BCUT2D eigenvalue weighted by atomic mass is 16.3. The molecule has 3 aromatic carbocycles. The fraction of sp³-hybridized carbons (Fsp3) is 0. The summed E-state index contributed by atoms with van der Waals surface area (Å²) in [6, 6.07) is 18.1. The van der Waals surface area contributed by atoms with E-state index in [0.29, 0.717) is 22.1 Å². The zero-order valence-corrected chi connectivity index (χ0v) is 11.6. The van der Waals surface area contributed by atoms with Gasteiger partial charge in [0.25, 0.3) is 0 Å². The number of fused-ring (bicyclic) bond motifs is 3. The van der Waals surface area contributed by atoms with Gasteiger partial charge in [0.15, 0.2) is 0 Å². The second kappa shape index (κ2) is 4.74. The van der Waals surface area contributed by atoms with Gasteiger partial charge in [0.2, 0.25) is 5.43 Å². The van der Waals surface area contributed by atoms with E-state index in [-0.39, 0.29) is 11.2 Å². The molecule has 0 aliphatic carbocycles. The van der Waals surface area contributed by atoms with E-state index in [9.17, 15) is 9.90 Å². The smallest absolute Gasteiger partial charge is 0.201 e. The molecule has 0 amide bonds. The van der Waals surface area contributed by atoms with Crippen molar-refractivity contribution in [3.8, 4) is 16.9 Å². The lowest BCUT2D eigenvalue weighted by Gasteiger charge is -2.06. The lowest BCUT2D eigenvalue weighted by molar-refractivity contribution is 0.475. The Labute approximate surface area is 126 Å². The van der Waals surface area contributed by atoms with Gasteiger partial charge >= 0.3 is 0 Å². The van der Waals surface area contributed by atoms with E-state index in [1.807, 2.05) is 36.4 Å². The predicted molar refractivity (Wildman–Crippen MR) is 87.1 cm³/mol. The first-order valence-electron chi connectivity index (χ1n) is 6.97. The molecule has 1 N–H and O–H groups in total. The van der Waals surface area contributed by atoms with Gasteiger partial charge in [0.1, 0.15) is 17.6 Å². The van der Waals surface area contributed by atoms with Crippen molar-refractivity contribution in [1.29, 1.82) is 0 Å². The Morgan fingerprint density at radius 2 is 1.77 bits per heavy atom. The highest BCUT2D eigenvalue weighted by molar-refractivity contribution is 6.06. The van der Waals surface area contributed by atoms with Crippen molar-refractivity contribution in [3.63, 3.8) is 0 Å². The van der Waals surface area contributed by atoms with E-state index >= 15 is 0 Å². The number of hydrogen-bond acceptors (Lipinski definition) is 3. The summed E-state index contributed by atoms with van der Waals surface area (Å²) in [5, 5.41) is 12.1. The zero-order chi connectivity index (χ0) is 15.1. The molecule has 1 aromatic heterocycles. The third-order valence-corrected chi connectivity index (χ3v) is 3.82. The van der Waals surface area contributed by atoms with Crippen molar-refractivity contribution < 1.29 is 9.52 Å². The normalized spacial score (nSPS) is 11.1. The summed E-state index contributed by atoms with van der Waals surface area (Å²) in [4.78, 5) is 12.9. The van der Waals surface area contributed by atoms with Crippen molar-refractivity contribution in [2.45, 2.75) is 0 Å². The van der Waals surface area contributed by atoms with E-state index in [0.717, 1.165) is 10.8 Å². The van der Waals surface area contributed by atoms with Crippen molar-refractivity contribution in [3.05, 3.63) is 77.2 Å². The molecule has 1 heterocycles. The topological polar surface area (TPSA) is 50.4 Å². The molecule has 3 heteroatoms. The van der Waals surface area contributed by atoms with Crippen molar-refractivity contribution in [2.24, 2.45) is 0 Å². The highest BCUT2D eigenvalue weighted by Crippen LogP contribution is 2.27. The van der Waals surface area contributed by atoms with Crippen LogP contribution < -0.4 is 5.43 Å². The minimum atomic E-state index is -0.0938. The van der Waals surface area contributed by atoms with Gasteiger partial charge in [0, 0.05) is 0 Å². The van der Waals surface area contributed by atoms with Gasteiger partial charge in [-0.1, -0.05) is 42.5 Å². The molecule has 0 aliphatic heterocycles. The Morgan fingerprint density at radius 3 is 2.64 bits per heavy atom. The van der Waals surface area contributed by atoms with E-state index in [2.05, 4.69) is 0 Å². The van der Waals surface area contributed by atoms with Gasteiger partial charge in [-0.25, -0.2) is 0 Å². The zero-order valence-electron chi connectivity index (χ0n) is 11.6. The van der Waals surface area contributed by atoms with Gasteiger partial charge in [0.05, 0.1) is 10.9 Å².